The average molecular weight is 328 g/mol. The van der Waals surface area contributed by atoms with Crippen LogP contribution in [0.2, 0.25) is 0 Å². The van der Waals surface area contributed by atoms with E-state index in [0.29, 0.717) is 5.92 Å². The second-order valence-electron chi connectivity index (χ2n) is 6.70. The predicted molar refractivity (Wildman–Crippen MR) is 90.0 cm³/mol. The largest absolute Gasteiger partial charge is 0.343 e. The second kappa shape index (κ2) is 7.60. The van der Waals surface area contributed by atoms with E-state index in [1.807, 2.05) is 11.0 Å². The SMILES string of the molecule is O=C(CCN1C(=O)CCC1=O)N1CCC(Cc2ccccc2)CC1. The first-order chi connectivity index (χ1) is 11.6. The lowest BCUT2D eigenvalue weighted by Gasteiger charge is -2.32. The van der Waals surface area contributed by atoms with Gasteiger partial charge in [0, 0.05) is 38.9 Å². The number of imide groups is 1. The number of rotatable bonds is 5. The van der Waals surface area contributed by atoms with Gasteiger partial charge in [0.15, 0.2) is 0 Å². The van der Waals surface area contributed by atoms with Crippen molar-refractivity contribution in [2.75, 3.05) is 19.6 Å². The van der Waals surface area contributed by atoms with Gasteiger partial charge < -0.3 is 4.90 Å². The summed E-state index contributed by atoms with van der Waals surface area (Å²) in [4.78, 5) is 38.6. The van der Waals surface area contributed by atoms with Crippen LogP contribution < -0.4 is 0 Å². The van der Waals surface area contributed by atoms with E-state index in [2.05, 4.69) is 24.3 Å². The third-order valence-electron chi connectivity index (χ3n) is 5.04. The molecular weight excluding hydrogens is 304 g/mol. The Balaban J connectivity index is 1.42. The number of piperidine rings is 1. The van der Waals surface area contributed by atoms with Gasteiger partial charge in [-0.3, -0.25) is 19.3 Å². The molecule has 0 N–H and O–H groups in total. The summed E-state index contributed by atoms with van der Waals surface area (Å²) in [6.07, 6.45) is 3.93. The summed E-state index contributed by atoms with van der Waals surface area (Å²) < 4.78 is 0. The molecule has 3 rings (SSSR count). The van der Waals surface area contributed by atoms with Crippen molar-refractivity contribution >= 4 is 17.7 Å². The Morgan fingerprint density at radius 2 is 1.62 bits per heavy atom. The van der Waals surface area contributed by atoms with Crippen LogP contribution in [-0.2, 0) is 20.8 Å². The smallest absolute Gasteiger partial charge is 0.229 e. The first-order valence-electron chi connectivity index (χ1n) is 8.78. The highest BCUT2D eigenvalue weighted by Gasteiger charge is 2.30. The summed E-state index contributed by atoms with van der Waals surface area (Å²) in [5, 5.41) is 0. The van der Waals surface area contributed by atoms with E-state index in [-0.39, 0.29) is 43.5 Å². The maximum Gasteiger partial charge on any atom is 0.229 e. The van der Waals surface area contributed by atoms with Crippen LogP contribution in [-0.4, -0.2) is 47.2 Å². The van der Waals surface area contributed by atoms with Gasteiger partial charge in [0.1, 0.15) is 0 Å². The predicted octanol–water partition coefficient (Wildman–Crippen LogP) is 2.01. The van der Waals surface area contributed by atoms with Crippen molar-refractivity contribution in [2.24, 2.45) is 5.92 Å². The zero-order valence-electron chi connectivity index (χ0n) is 13.9. The van der Waals surface area contributed by atoms with Gasteiger partial charge in [-0.2, -0.15) is 0 Å². The monoisotopic (exact) mass is 328 g/mol. The van der Waals surface area contributed by atoms with Crippen LogP contribution in [0.5, 0.6) is 0 Å². The lowest BCUT2D eigenvalue weighted by atomic mass is 9.90. The molecule has 2 aliphatic rings. The molecule has 2 heterocycles. The topological polar surface area (TPSA) is 57.7 Å². The van der Waals surface area contributed by atoms with Crippen molar-refractivity contribution in [3.8, 4) is 0 Å². The van der Waals surface area contributed by atoms with E-state index in [4.69, 9.17) is 0 Å². The Labute approximate surface area is 142 Å². The van der Waals surface area contributed by atoms with E-state index >= 15 is 0 Å². The Bertz CT molecular complexity index is 590. The van der Waals surface area contributed by atoms with Gasteiger partial charge >= 0.3 is 0 Å². The average Bonchev–Trinajstić information content (AvgIpc) is 2.92. The molecule has 0 spiro atoms. The van der Waals surface area contributed by atoms with Gasteiger partial charge in [-0.25, -0.2) is 0 Å². The Morgan fingerprint density at radius 3 is 2.25 bits per heavy atom. The molecule has 24 heavy (non-hydrogen) atoms. The van der Waals surface area contributed by atoms with Gasteiger partial charge in [-0.05, 0) is 30.7 Å². The molecule has 128 valence electrons. The molecule has 2 fully saturated rings. The molecule has 3 amide bonds. The number of hydrogen-bond acceptors (Lipinski definition) is 3. The van der Waals surface area contributed by atoms with Gasteiger partial charge in [-0.15, -0.1) is 0 Å². The number of likely N-dealkylation sites (tertiary alicyclic amines) is 2. The summed E-state index contributed by atoms with van der Waals surface area (Å²) in [6.45, 7) is 1.79. The molecule has 1 aromatic rings. The summed E-state index contributed by atoms with van der Waals surface area (Å²) in [7, 11) is 0. The minimum absolute atomic E-state index is 0.0562. The fraction of sp³-hybridized carbons (Fsp3) is 0.526. The number of carbonyl (C=O) groups is 3. The normalized spacial score (nSPS) is 19.2. The van der Waals surface area contributed by atoms with Crippen molar-refractivity contribution in [1.82, 2.24) is 9.80 Å². The van der Waals surface area contributed by atoms with Gasteiger partial charge in [0.25, 0.3) is 0 Å². The van der Waals surface area contributed by atoms with Crippen molar-refractivity contribution in [3.05, 3.63) is 35.9 Å². The number of amides is 3. The number of nitrogens with zero attached hydrogens (tertiary/aromatic N) is 2. The van der Waals surface area contributed by atoms with E-state index in [1.54, 1.807) is 0 Å². The maximum atomic E-state index is 12.3. The van der Waals surface area contributed by atoms with Crippen molar-refractivity contribution < 1.29 is 14.4 Å². The van der Waals surface area contributed by atoms with Crippen molar-refractivity contribution in [1.29, 1.82) is 0 Å². The lowest BCUT2D eigenvalue weighted by molar-refractivity contribution is -0.139. The highest BCUT2D eigenvalue weighted by Crippen LogP contribution is 2.22. The first kappa shape index (κ1) is 16.7. The summed E-state index contributed by atoms with van der Waals surface area (Å²) in [5.41, 5.74) is 1.35. The number of benzene rings is 1. The van der Waals surface area contributed by atoms with Gasteiger partial charge in [0.2, 0.25) is 17.7 Å². The quantitative estimate of drug-likeness (QED) is 0.777. The third kappa shape index (κ3) is 4.02. The minimum Gasteiger partial charge on any atom is -0.343 e. The Hall–Kier alpha value is -2.17. The third-order valence-corrected chi connectivity index (χ3v) is 5.04. The van der Waals surface area contributed by atoms with E-state index in [9.17, 15) is 14.4 Å². The van der Waals surface area contributed by atoms with E-state index in [1.165, 1.54) is 10.5 Å². The molecule has 5 heteroatoms. The maximum absolute atomic E-state index is 12.3. The van der Waals surface area contributed by atoms with Gasteiger partial charge in [-0.1, -0.05) is 30.3 Å². The first-order valence-corrected chi connectivity index (χ1v) is 8.78. The lowest BCUT2D eigenvalue weighted by Crippen LogP contribution is -2.41. The number of hydrogen-bond donors (Lipinski definition) is 0. The van der Waals surface area contributed by atoms with Crippen LogP contribution >= 0.6 is 0 Å². The van der Waals surface area contributed by atoms with Crippen LogP contribution in [0.3, 0.4) is 0 Å². The minimum atomic E-state index is -0.144. The molecule has 0 radical (unpaired) electrons. The fourth-order valence-corrected chi connectivity index (χ4v) is 3.57. The molecule has 0 unspecified atom stereocenters. The van der Waals surface area contributed by atoms with Crippen molar-refractivity contribution in [3.63, 3.8) is 0 Å². The molecule has 0 saturated carbocycles. The highest BCUT2D eigenvalue weighted by atomic mass is 16.2. The highest BCUT2D eigenvalue weighted by molar-refractivity contribution is 6.02. The molecule has 2 aliphatic heterocycles. The van der Waals surface area contributed by atoms with Crippen LogP contribution in [0, 0.1) is 5.92 Å². The molecule has 0 aromatic heterocycles. The second-order valence-corrected chi connectivity index (χ2v) is 6.70. The van der Waals surface area contributed by atoms with Crippen LogP contribution in [0.25, 0.3) is 0 Å². The molecular formula is C19H24N2O3. The molecule has 0 bridgehead atoms. The number of carbonyl (C=O) groups excluding carboxylic acids is 3. The van der Waals surface area contributed by atoms with Gasteiger partial charge in [0.05, 0.1) is 0 Å². The van der Waals surface area contributed by atoms with Crippen LogP contribution in [0.4, 0.5) is 0 Å². The summed E-state index contributed by atoms with van der Waals surface area (Å²) in [6, 6.07) is 10.5. The molecule has 0 aliphatic carbocycles. The fourth-order valence-electron chi connectivity index (χ4n) is 3.57. The zero-order valence-corrected chi connectivity index (χ0v) is 13.9. The standard InChI is InChI=1S/C19H24N2O3/c22-17(10-13-21-18(23)6-7-19(21)24)20-11-8-16(9-12-20)14-15-4-2-1-3-5-15/h1-5,16H,6-14H2. The Kier molecular flexibility index (Phi) is 5.28. The zero-order chi connectivity index (χ0) is 16.9. The Morgan fingerprint density at radius 1 is 1.00 bits per heavy atom. The molecule has 5 nitrogen and oxygen atoms in total. The molecule has 2 saturated heterocycles. The van der Waals surface area contributed by atoms with Crippen molar-refractivity contribution in [2.45, 2.75) is 38.5 Å². The summed E-state index contributed by atoms with van der Waals surface area (Å²) >= 11 is 0. The molecule has 0 atom stereocenters. The summed E-state index contributed by atoms with van der Waals surface area (Å²) in [5.74, 6) is 0.391. The van der Waals surface area contributed by atoms with E-state index in [0.717, 1.165) is 32.4 Å². The van der Waals surface area contributed by atoms with E-state index < -0.39 is 0 Å². The van der Waals surface area contributed by atoms with Crippen LogP contribution in [0.1, 0.15) is 37.7 Å². The van der Waals surface area contributed by atoms with Crippen LogP contribution in [0.15, 0.2) is 30.3 Å². The molecule has 1 aromatic carbocycles.